The van der Waals surface area contributed by atoms with Crippen LogP contribution in [-0.4, -0.2) is 56.7 Å². The summed E-state index contributed by atoms with van der Waals surface area (Å²) in [7, 11) is 0. The highest BCUT2D eigenvalue weighted by Gasteiger charge is 2.17. The third-order valence-electron chi connectivity index (χ3n) is 3.05. The number of aliphatic carboxylic acids is 1. The molecule has 0 spiro atoms. The molecule has 134 valence electrons. The van der Waals surface area contributed by atoms with Crippen LogP contribution in [0.25, 0.3) is 0 Å². The van der Waals surface area contributed by atoms with E-state index in [0.29, 0.717) is 19.4 Å². The van der Waals surface area contributed by atoms with Gasteiger partial charge in [-0.1, -0.05) is 0 Å². The Morgan fingerprint density at radius 1 is 1.38 bits per heavy atom. The fraction of sp³-hybridized carbons (Fsp3) is 0.500. The van der Waals surface area contributed by atoms with Crippen molar-refractivity contribution >= 4 is 17.8 Å². The lowest BCUT2D eigenvalue weighted by Gasteiger charge is -2.09. The molecule has 0 fully saturated rings. The number of hydrogen-bond donors (Lipinski definition) is 7. The maximum atomic E-state index is 11.8. The summed E-state index contributed by atoms with van der Waals surface area (Å²) >= 11 is 0. The number of carboxylic acids is 1. The van der Waals surface area contributed by atoms with Gasteiger partial charge in [-0.25, -0.2) is 4.79 Å². The number of nitrogens with one attached hydrogen (secondary N) is 2. The number of rotatable bonds is 9. The lowest BCUT2D eigenvalue weighted by Crippen LogP contribution is -2.43. The van der Waals surface area contributed by atoms with Gasteiger partial charge in [-0.2, -0.15) is 0 Å². The van der Waals surface area contributed by atoms with Gasteiger partial charge < -0.3 is 37.7 Å². The normalized spacial score (nSPS) is 11.7. The molecular weight excluding hydrogens is 322 g/mol. The minimum atomic E-state index is -1.26. The molecule has 0 saturated carbocycles. The Morgan fingerprint density at radius 3 is 2.62 bits per heavy atom. The number of nitrogens with zero attached hydrogens (tertiary/aromatic N) is 2. The van der Waals surface area contributed by atoms with Gasteiger partial charge in [-0.05, 0) is 12.8 Å². The number of aromatic nitrogens is 2. The molecule has 0 aromatic carbocycles. The number of imidazole rings is 1. The van der Waals surface area contributed by atoms with Crippen LogP contribution in [0.15, 0.2) is 9.79 Å². The number of aryl methyl sites for hydroxylation is 1. The van der Waals surface area contributed by atoms with Gasteiger partial charge in [0.05, 0.1) is 5.69 Å². The van der Waals surface area contributed by atoms with E-state index in [2.05, 4.69) is 15.3 Å². The molecule has 1 aromatic heterocycles. The number of hydrogen-bond acceptors (Lipinski definition) is 6. The smallest absolute Gasteiger partial charge is 0.329 e. The molecule has 0 aliphatic carbocycles. The number of aromatic amines is 1. The Hall–Kier alpha value is -3.02. The first-order valence-electron chi connectivity index (χ1n) is 7.03. The topological polar surface area (TPSA) is 215 Å². The van der Waals surface area contributed by atoms with Crippen molar-refractivity contribution in [2.45, 2.75) is 25.4 Å². The molecule has 1 aromatic rings. The van der Waals surface area contributed by atoms with E-state index in [1.54, 1.807) is 0 Å². The Morgan fingerprint density at radius 2 is 2.04 bits per heavy atom. The molecule has 0 aliphatic rings. The molecule has 1 rings (SSSR count). The van der Waals surface area contributed by atoms with E-state index in [-0.39, 0.29) is 24.1 Å². The zero-order valence-electron chi connectivity index (χ0n) is 12.9. The summed E-state index contributed by atoms with van der Waals surface area (Å²) in [6, 6.07) is -1.25. The number of guanidine groups is 1. The van der Waals surface area contributed by atoms with Crippen LogP contribution in [0.4, 0.5) is 0 Å². The third kappa shape index (κ3) is 5.64. The average molecular weight is 343 g/mol. The number of carbonyl (C=O) groups excluding carboxylic acids is 1. The van der Waals surface area contributed by atoms with Crippen LogP contribution in [0.3, 0.4) is 0 Å². The molecular formula is C12H21N7O5. The first-order valence-corrected chi connectivity index (χ1v) is 7.03. The summed E-state index contributed by atoms with van der Waals surface area (Å²) in [5, 5.41) is 20.9. The fourth-order valence-electron chi connectivity index (χ4n) is 1.81. The van der Waals surface area contributed by atoms with Crippen LogP contribution >= 0.6 is 0 Å². The highest BCUT2D eigenvalue weighted by Crippen LogP contribution is 2.14. The molecule has 0 radical (unpaired) electrons. The first-order chi connectivity index (χ1) is 11.2. The van der Waals surface area contributed by atoms with E-state index in [9.17, 15) is 19.5 Å². The van der Waals surface area contributed by atoms with Crippen molar-refractivity contribution in [3.8, 4) is 5.88 Å². The molecule has 1 heterocycles. The third-order valence-corrected chi connectivity index (χ3v) is 3.05. The van der Waals surface area contributed by atoms with Crippen LogP contribution in [0.5, 0.6) is 5.88 Å². The van der Waals surface area contributed by atoms with E-state index in [1.807, 2.05) is 0 Å². The van der Waals surface area contributed by atoms with E-state index in [1.165, 1.54) is 0 Å². The van der Waals surface area contributed by atoms with E-state index in [0.717, 1.165) is 4.57 Å². The zero-order chi connectivity index (χ0) is 18.3. The van der Waals surface area contributed by atoms with E-state index < -0.39 is 30.2 Å². The minimum Gasteiger partial charge on any atom is -0.493 e. The van der Waals surface area contributed by atoms with Gasteiger partial charge in [0, 0.05) is 13.1 Å². The zero-order valence-corrected chi connectivity index (χ0v) is 12.9. The highest BCUT2D eigenvalue weighted by molar-refractivity contribution is 5.78. The molecule has 12 nitrogen and oxygen atoms in total. The average Bonchev–Trinajstić information content (AvgIpc) is 2.76. The number of amides is 1. The van der Waals surface area contributed by atoms with Crippen molar-refractivity contribution in [1.82, 2.24) is 14.9 Å². The SMILES string of the molecule is NC(N)=NCCCc1[nH]c(=O)n(CC(=O)NC[C@H](N)C(=O)O)c1O. The summed E-state index contributed by atoms with van der Waals surface area (Å²) in [5.41, 5.74) is 15.2. The monoisotopic (exact) mass is 343 g/mol. The molecule has 0 aliphatic heterocycles. The fourth-order valence-corrected chi connectivity index (χ4v) is 1.81. The maximum absolute atomic E-state index is 11.8. The van der Waals surface area contributed by atoms with Gasteiger partial charge in [0.25, 0.3) is 0 Å². The molecule has 24 heavy (non-hydrogen) atoms. The van der Waals surface area contributed by atoms with Gasteiger partial charge in [0.1, 0.15) is 12.6 Å². The van der Waals surface area contributed by atoms with Crippen molar-refractivity contribution in [3.63, 3.8) is 0 Å². The molecule has 0 saturated heterocycles. The molecule has 1 amide bonds. The Bertz CT molecular complexity index is 674. The lowest BCUT2D eigenvalue weighted by atomic mass is 10.2. The maximum Gasteiger partial charge on any atom is 0.329 e. The van der Waals surface area contributed by atoms with Crippen molar-refractivity contribution in [2.24, 2.45) is 22.2 Å². The summed E-state index contributed by atoms with van der Waals surface area (Å²) < 4.78 is 0.831. The second-order valence-corrected chi connectivity index (χ2v) is 4.98. The van der Waals surface area contributed by atoms with E-state index in [4.69, 9.17) is 22.3 Å². The van der Waals surface area contributed by atoms with Gasteiger partial charge in [0.2, 0.25) is 11.8 Å². The van der Waals surface area contributed by atoms with Crippen molar-refractivity contribution < 1.29 is 19.8 Å². The largest absolute Gasteiger partial charge is 0.493 e. The molecule has 0 unspecified atom stereocenters. The Kier molecular flexibility index (Phi) is 6.79. The highest BCUT2D eigenvalue weighted by atomic mass is 16.4. The molecule has 12 heteroatoms. The van der Waals surface area contributed by atoms with Crippen LogP contribution in [0.2, 0.25) is 0 Å². The number of aromatic hydroxyl groups is 1. The van der Waals surface area contributed by atoms with Gasteiger partial charge in [-0.15, -0.1) is 0 Å². The summed E-state index contributed by atoms with van der Waals surface area (Å²) in [6.45, 7) is -0.441. The van der Waals surface area contributed by atoms with Crippen LogP contribution in [-0.2, 0) is 22.6 Å². The van der Waals surface area contributed by atoms with Gasteiger partial charge in [0.15, 0.2) is 5.96 Å². The van der Waals surface area contributed by atoms with Crippen molar-refractivity contribution in [2.75, 3.05) is 13.1 Å². The minimum absolute atomic E-state index is 0.0541. The number of aliphatic imine (C=N–C) groups is 1. The summed E-state index contributed by atoms with van der Waals surface area (Å²) in [4.78, 5) is 40.2. The standard InChI is InChI=1S/C12H21N7O5/c13-6(10(22)23)4-17-8(20)5-19-9(21)7(18-12(19)24)2-1-3-16-11(14)15/h6,21H,1-5,13H2,(H,17,20)(H,18,24)(H,22,23)(H4,14,15,16)/t6-/m0/s1. The first kappa shape index (κ1) is 19.0. The number of nitrogens with two attached hydrogens (primary N) is 3. The molecule has 0 bridgehead atoms. The van der Waals surface area contributed by atoms with Gasteiger partial charge >= 0.3 is 11.7 Å². The lowest BCUT2D eigenvalue weighted by molar-refractivity contribution is -0.138. The van der Waals surface area contributed by atoms with Crippen LogP contribution in [0.1, 0.15) is 12.1 Å². The summed E-state index contributed by atoms with van der Waals surface area (Å²) in [5.74, 6) is -2.35. The summed E-state index contributed by atoms with van der Waals surface area (Å²) in [6.07, 6.45) is 0.779. The predicted octanol–water partition coefficient (Wildman–Crippen LogP) is -3.38. The predicted molar refractivity (Wildman–Crippen MR) is 84.3 cm³/mol. The number of carbonyl (C=O) groups is 2. The van der Waals surface area contributed by atoms with Crippen LogP contribution < -0.4 is 28.2 Å². The number of H-pyrrole nitrogens is 1. The molecule has 10 N–H and O–H groups in total. The Balaban J connectivity index is 2.63. The van der Waals surface area contributed by atoms with Crippen LogP contribution in [0, 0.1) is 0 Å². The second kappa shape index (κ2) is 8.57. The quantitative estimate of drug-likeness (QED) is 0.136. The molecule has 1 atom stereocenters. The van der Waals surface area contributed by atoms with E-state index >= 15 is 0 Å². The Labute approximate surface area is 136 Å². The van der Waals surface area contributed by atoms with Crippen molar-refractivity contribution in [3.05, 3.63) is 16.2 Å². The number of carboxylic acid groups (broad SMARTS) is 1. The van der Waals surface area contributed by atoms with Gasteiger partial charge in [-0.3, -0.25) is 19.1 Å². The van der Waals surface area contributed by atoms with Crippen molar-refractivity contribution in [1.29, 1.82) is 0 Å². The second-order valence-electron chi connectivity index (χ2n) is 4.98.